The molecule has 6 nitrogen and oxygen atoms in total. The number of ether oxygens (including phenoxy) is 1. The van der Waals surface area contributed by atoms with Crippen molar-refractivity contribution in [2.45, 2.75) is 39.7 Å². The summed E-state index contributed by atoms with van der Waals surface area (Å²) in [6, 6.07) is 5.64. The van der Waals surface area contributed by atoms with Crippen LogP contribution in [0.1, 0.15) is 32.8 Å². The van der Waals surface area contributed by atoms with Gasteiger partial charge < -0.3 is 9.04 Å². The van der Waals surface area contributed by atoms with E-state index in [2.05, 4.69) is 10.9 Å². The third-order valence-corrected chi connectivity index (χ3v) is 5.32. The van der Waals surface area contributed by atoms with E-state index in [-0.39, 0.29) is 5.24 Å². The maximum absolute atomic E-state index is 12.4. The lowest BCUT2D eigenvalue weighted by Gasteiger charge is -2.25. The molecule has 1 unspecified atom stereocenters. The zero-order valence-corrected chi connectivity index (χ0v) is 15.8. The Balaban J connectivity index is 2.05. The summed E-state index contributed by atoms with van der Waals surface area (Å²) in [6.45, 7) is 7.92. The Morgan fingerprint density at radius 1 is 1.29 bits per heavy atom. The fourth-order valence-corrected chi connectivity index (χ4v) is 4.38. The summed E-state index contributed by atoms with van der Waals surface area (Å²) in [5.41, 5.74) is 5.93. The highest BCUT2D eigenvalue weighted by Gasteiger charge is 2.25. The van der Waals surface area contributed by atoms with Gasteiger partial charge in [0.2, 0.25) is 0 Å². The second-order valence-electron chi connectivity index (χ2n) is 6.32. The van der Waals surface area contributed by atoms with E-state index >= 15 is 0 Å². The van der Waals surface area contributed by atoms with Gasteiger partial charge in [-0.05, 0) is 61.8 Å². The number of nitrogens with one attached hydrogen (secondary N) is 2. The fraction of sp³-hybridized carbons (Fsp3) is 0.438. The first-order chi connectivity index (χ1) is 11.2. The van der Waals surface area contributed by atoms with Crippen LogP contribution in [0.25, 0.3) is 0 Å². The van der Waals surface area contributed by atoms with Crippen LogP contribution < -0.4 is 15.2 Å². The number of amides is 2. The summed E-state index contributed by atoms with van der Waals surface area (Å²) in [6.07, 6.45) is 0.0762. The fourth-order valence-electron chi connectivity index (χ4n) is 2.25. The Hall–Kier alpha value is -1.73. The standard InChI is InChI=1S/C16H22ClN3O3S/c1-11-7-5-8-12(17)13(11)20-9-6-10-24(20)15(22)19-18-14(21)23-16(2,3)4/h5,7-8,10H,6,9H2,1-4H3,(H,18,21)(H,19,22). The third kappa shape index (κ3) is 4.64. The predicted molar refractivity (Wildman–Crippen MR) is 99.7 cm³/mol. The first kappa shape index (κ1) is 18.6. The molecule has 1 atom stereocenters. The second-order valence-corrected chi connectivity index (χ2v) is 8.50. The smallest absolute Gasteiger partial charge is 0.426 e. The molecule has 2 N–H and O–H groups in total. The van der Waals surface area contributed by atoms with E-state index in [1.807, 2.05) is 28.7 Å². The zero-order valence-electron chi connectivity index (χ0n) is 14.2. The lowest BCUT2D eigenvalue weighted by atomic mass is 10.2. The van der Waals surface area contributed by atoms with Gasteiger partial charge in [-0.3, -0.25) is 10.2 Å². The maximum Gasteiger partial charge on any atom is 0.426 e. The Labute approximate surface area is 149 Å². The molecule has 0 saturated carbocycles. The molecule has 0 bridgehead atoms. The number of halogens is 1. The Morgan fingerprint density at radius 2 is 2.00 bits per heavy atom. The summed E-state index contributed by atoms with van der Waals surface area (Å²) in [5, 5.41) is 2.22. The number of carbonyl (C=O) groups excluding carboxylic acids is 2. The highest BCUT2D eigenvalue weighted by Crippen LogP contribution is 2.39. The molecule has 1 aliphatic rings. The minimum atomic E-state index is -0.817. The van der Waals surface area contributed by atoms with Gasteiger partial charge in [-0.1, -0.05) is 23.7 Å². The van der Waals surface area contributed by atoms with Crippen molar-refractivity contribution < 1.29 is 14.3 Å². The number of benzene rings is 1. The van der Waals surface area contributed by atoms with Gasteiger partial charge in [-0.25, -0.2) is 10.2 Å². The van der Waals surface area contributed by atoms with Gasteiger partial charge in [0.15, 0.2) is 0 Å². The quantitative estimate of drug-likeness (QED) is 0.578. The molecule has 132 valence electrons. The average molecular weight is 372 g/mol. The van der Waals surface area contributed by atoms with Gasteiger partial charge in [0.25, 0.3) is 0 Å². The van der Waals surface area contributed by atoms with E-state index in [0.717, 1.165) is 17.7 Å². The van der Waals surface area contributed by atoms with Crippen LogP contribution in [0.5, 0.6) is 0 Å². The van der Waals surface area contributed by atoms with Crippen LogP contribution in [0.15, 0.2) is 18.2 Å². The largest absolute Gasteiger partial charge is 0.443 e. The molecule has 2 amide bonds. The maximum atomic E-state index is 12.4. The van der Waals surface area contributed by atoms with Gasteiger partial charge in [-0.2, -0.15) is 0 Å². The average Bonchev–Trinajstić information content (AvgIpc) is 2.92. The topological polar surface area (TPSA) is 70.7 Å². The number of nitrogens with zero attached hydrogens (tertiary/aromatic N) is 1. The van der Waals surface area contributed by atoms with Gasteiger partial charge >= 0.3 is 11.3 Å². The summed E-state index contributed by atoms with van der Waals surface area (Å²) in [4.78, 5) is 24.1. The van der Waals surface area contributed by atoms with Crippen molar-refractivity contribution >= 4 is 44.7 Å². The Kier molecular flexibility index (Phi) is 5.77. The molecular formula is C16H22ClN3O3S. The molecule has 0 aliphatic carbocycles. The van der Waals surface area contributed by atoms with Crippen LogP contribution in [0.2, 0.25) is 5.02 Å². The molecule has 1 aromatic carbocycles. The lowest BCUT2D eigenvalue weighted by molar-refractivity contribution is 0.0508. The van der Waals surface area contributed by atoms with Crippen LogP contribution >= 0.6 is 22.3 Å². The first-order valence-electron chi connectivity index (χ1n) is 7.57. The van der Waals surface area contributed by atoms with Gasteiger partial charge in [-0.15, -0.1) is 0 Å². The number of hydrogen-bond acceptors (Lipinski definition) is 4. The molecule has 0 fully saturated rings. The molecular weight excluding hydrogens is 350 g/mol. The highest BCUT2D eigenvalue weighted by atomic mass is 35.5. The third-order valence-electron chi connectivity index (χ3n) is 3.14. The Bertz CT molecular complexity index is 665. The van der Waals surface area contributed by atoms with Crippen LogP contribution in [-0.4, -0.2) is 28.8 Å². The second kappa shape index (κ2) is 7.44. The number of carbonyl (C=O) groups is 2. The van der Waals surface area contributed by atoms with E-state index < -0.39 is 22.4 Å². The minimum absolute atomic E-state index is 0.308. The highest BCUT2D eigenvalue weighted by molar-refractivity contribution is 8.28. The van der Waals surface area contributed by atoms with Crippen molar-refractivity contribution in [3.8, 4) is 0 Å². The molecule has 0 radical (unpaired) electrons. The van der Waals surface area contributed by atoms with Gasteiger partial charge in [0, 0.05) is 6.54 Å². The van der Waals surface area contributed by atoms with Crippen LogP contribution in [0.4, 0.5) is 15.3 Å². The molecule has 1 aromatic rings. The number of aryl methyl sites for hydroxylation is 1. The minimum Gasteiger partial charge on any atom is -0.443 e. The van der Waals surface area contributed by atoms with Crippen molar-refractivity contribution in [3.63, 3.8) is 0 Å². The van der Waals surface area contributed by atoms with E-state index in [9.17, 15) is 9.59 Å². The molecule has 8 heteroatoms. The lowest BCUT2D eigenvalue weighted by Crippen LogP contribution is -2.44. The van der Waals surface area contributed by atoms with Crippen molar-refractivity contribution in [1.82, 2.24) is 10.9 Å². The van der Waals surface area contributed by atoms with Crippen molar-refractivity contribution in [1.29, 1.82) is 0 Å². The molecule has 0 saturated heterocycles. The zero-order chi connectivity index (χ0) is 17.9. The molecule has 1 heterocycles. The normalized spacial score (nSPS) is 17.2. The van der Waals surface area contributed by atoms with Crippen molar-refractivity contribution in [2.24, 2.45) is 0 Å². The van der Waals surface area contributed by atoms with E-state index in [4.69, 9.17) is 16.3 Å². The SMILES string of the molecule is Cc1cccc(Cl)c1N1CCC=S1C(=O)NNC(=O)OC(C)(C)C. The first-order valence-corrected chi connectivity index (χ1v) is 9.19. The summed E-state index contributed by atoms with van der Waals surface area (Å²) in [5.74, 6) is 0. The molecule has 0 aromatic heterocycles. The van der Waals surface area contributed by atoms with Crippen LogP contribution in [-0.2, 0) is 4.74 Å². The van der Waals surface area contributed by atoms with E-state index in [0.29, 0.717) is 11.6 Å². The van der Waals surface area contributed by atoms with Crippen LogP contribution in [0.3, 0.4) is 0 Å². The predicted octanol–water partition coefficient (Wildman–Crippen LogP) is 3.99. The summed E-state index contributed by atoms with van der Waals surface area (Å²) >= 11 is 6.31. The number of para-hydroxylation sites is 1. The van der Waals surface area contributed by atoms with Gasteiger partial charge in [0.1, 0.15) is 5.60 Å². The van der Waals surface area contributed by atoms with Crippen molar-refractivity contribution in [2.75, 3.05) is 10.8 Å². The van der Waals surface area contributed by atoms with Gasteiger partial charge in [0.05, 0.1) is 10.7 Å². The van der Waals surface area contributed by atoms with Crippen LogP contribution in [0, 0.1) is 6.92 Å². The summed E-state index contributed by atoms with van der Waals surface area (Å²) in [7, 11) is -0.817. The number of hydrazine groups is 1. The summed E-state index contributed by atoms with van der Waals surface area (Å²) < 4.78 is 7.06. The molecule has 0 spiro atoms. The monoisotopic (exact) mass is 371 g/mol. The van der Waals surface area contributed by atoms with E-state index in [1.165, 1.54) is 0 Å². The Morgan fingerprint density at radius 3 is 2.62 bits per heavy atom. The van der Waals surface area contributed by atoms with Crippen molar-refractivity contribution in [3.05, 3.63) is 28.8 Å². The molecule has 24 heavy (non-hydrogen) atoms. The number of hydrogen-bond donors (Lipinski definition) is 2. The number of anilines is 1. The molecule has 1 aliphatic heterocycles. The number of rotatable bonds is 1. The molecule has 2 rings (SSSR count). The van der Waals surface area contributed by atoms with E-state index in [1.54, 1.807) is 26.8 Å².